The number of hydrogen-bond acceptors (Lipinski definition) is 4. The predicted molar refractivity (Wildman–Crippen MR) is 57.9 cm³/mol. The molecule has 0 aliphatic carbocycles. The van der Waals surface area contributed by atoms with E-state index in [2.05, 4.69) is 0 Å². The zero-order valence-corrected chi connectivity index (χ0v) is 9.86. The van der Waals surface area contributed by atoms with Gasteiger partial charge in [-0.25, -0.2) is 0 Å². The van der Waals surface area contributed by atoms with Crippen LogP contribution in [0.15, 0.2) is 0 Å². The Morgan fingerprint density at radius 2 is 1.88 bits per heavy atom. The summed E-state index contributed by atoms with van der Waals surface area (Å²) in [6.45, 7) is 3.29. The second kappa shape index (κ2) is 7.22. The number of hydrogen-bond donors (Lipinski definition) is 2. The van der Waals surface area contributed by atoms with Crippen molar-refractivity contribution in [1.82, 2.24) is 0 Å². The van der Waals surface area contributed by atoms with Crippen LogP contribution in [0, 0.1) is 5.41 Å². The average Bonchev–Trinajstić information content (AvgIpc) is 2.24. The number of esters is 1. The van der Waals surface area contributed by atoms with Gasteiger partial charge in [0.05, 0.1) is 6.61 Å². The maximum Gasteiger partial charge on any atom is 0.323 e. The van der Waals surface area contributed by atoms with Gasteiger partial charge in [-0.2, -0.15) is 0 Å². The Bertz CT molecular complexity index is 239. The van der Waals surface area contributed by atoms with Crippen LogP contribution in [-0.2, 0) is 14.3 Å². The molecule has 0 aromatic rings. The Morgan fingerprint density at radius 3 is 2.31 bits per heavy atom. The fourth-order valence-electron chi connectivity index (χ4n) is 1.35. The Hall–Kier alpha value is -1.10. The molecule has 0 heterocycles. The van der Waals surface area contributed by atoms with Gasteiger partial charge in [0.15, 0.2) is 5.41 Å². The summed E-state index contributed by atoms with van der Waals surface area (Å²) < 4.78 is 4.76. The first-order valence-electron chi connectivity index (χ1n) is 5.50. The zero-order valence-electron chi connectivity index (χ0n) is 9.86. The first kappa shape index (κ1) is 14.9. The third-order valence-corrected chi connectivity index (χ3v) is 2.53. The number of carbonyl (C=O) groups is 2. The van der Waals surface area contributed by atoms with Crippen molar-refractivity contribution in [2.24, 2.45) is 5.41 Å². The van der Waals surface area contributed by atoms with E-state index in [0.29, 0.717) is 19.3 Å². The Balaban J connectivity index is 4.34. The van der Waals surface area contributed by atoms with Crippen LogP contribution in [0.4, 0.5) is 0 Å². The van der Waals surface area contributed by atoms with Gasteiger partial charge in [0.2, 0.25) is 0 Å². The molecule has 0 aromatic heterocycles. The molecule has 94 valence electrons. The molecule has 0 radical (unpaired) electrons. The summed E-state index contributed by atoms with van der Waals surface area (Å²) in [4.78, 5) is 22.6. The fourth-order valence-corrected chi connectivity index (χ4v) is 1.35. The molecule has 5 nitrogen and oxygen atoms in total. The zero-order chi connectivity index (χ0) is 12.6. The van der Waals surface area contributed by atoms with Gasteiger partial charge in [0.25, 0.3) is 0 Å². The van der Waals surface area contributed by atoms with Gasteiger partial charge in [-0.1, -0.05) is 12.8 Å². The monoisotopic (exact) mass is 232 g/mol. The smallest absolute Gasteiger partial charge is 0.323 e. The third-order valence-electron chi connectivity index (χ3n) is 2.53. The lowest BCUT2D eigenvalue weighted by molar-refractivity contribution is -0.167. The highest BCUT2D eigenvalue weighted by Gasteiger charge is 2.42. The lowest BCUT2D eigenvalue weighted by Crippen LogP contribution is -2.38. The number of ether oxygens (including phenoxy) is 1. The van der Waals surface area contributed by atoms with Crippen LogP contribution in [0.25, 0.3) is 0 Å². The second-order valence-electron chi connectivity index (χ2n) is 3.89. The lowest BCUT2D eigenvalue weighted by atomic mass is 9.85. The second-order valence-corrected chi connectivity index (χ2v) is 3.89. The van der Waals surface area contributed by atoms with Crippen molar-refractivity contribution in [3.63, 3.8) is 0 Å². The SMILES string of the molecule is CCOC(=O)C(C)(CCCCCO)C(=O)O. The van der Waals surface area contributed by atoms with Crippen LogP contribution < -0.4 is 0 Å². The highest BCUT2D eigenvalue weighted by atomic mass is 16.5. The van der Waals surface area contributed by atoms with E-state index in [1.54, 1.807) is 6.92 Å². The van der Waals surface area contributed by atoms with Crippen LogP contribution in [0.1, 0.15) is 39.5 Å². The summed E-state index contributed by atoms with van der Waals surface area (Å²) in [6.07, 6.45) is 2.15. The molecule has 0 saturated heterocycles. The van der Waals surface area contributed by atoms with E-state index in [1.807, 2.05) is 0 Å². The molecule has 0 rings (SSSR count). The van der Waals surface area contributed by atoms with Crippen molar-refractivity contribution >= 4 is 11.9 Å². The first-order chi connectivity index (χ1) is 7.49. The summed E-state index contributed by atoms with van der Waals surface area (Å²) in [5.41, 5.74) is -1.47. The standard InChI is InChI=1S/C11H20O5/c1-3-16-10(15)11(2,9(13)14)7-5-4-6-8-12/h12H,3-8H2,1-2H3,(H,13,14). The van der Waals surface area contributed by atoms with E-state index in [1.165, 1.54) is 6.92 Å². The van der Waals surface area contributed by atoms with Crippen molar-refractivity contribution in [3.8, 4) is 0 Å². The number of aliphatic carboxylic acids is 1. The number of carbonyl (C=O) groups excluding carboxylic acids is 1. The molecule has 1 atom stereocenters. The van der Waals surface area contributed by atoms with E-state index in [9.17, 15) is 9.59 Å². The Morgan fingerprint density at radius 1 is 1.25 bits per heavy atom. The van der Waals surface area contributed by atoms with Gasteiger partial charge in [0.1, 0.15) is 0 Å². The van der Waals surface area contributed by atoms with Crippen LogP contribution >= 0.6 is 0 Å². The van der Waals surface area contributed by atoms with E-state index in [0.717, 1.165) is 0 Å². The maximum absolute atomic E-state index is 11.5. The van der Waals surface area contributed by atoms with Gasteiger partial charge in [-0.05, 0) is 26.7 Å². The number of aliphatic hydroxyl groups excluding tert-OH is 1. The lowest BCUT2D eigenvalue weighted by Gasteiger charge is -2.22. The van der Waals surface area contributed by atoms with Gasteiger partial charge in [-0.15, -0.1) is 0 Å². The topological polar surface area (TPSA) is 83.8 Å². The van der Waals surface area contributed by atoms with Crippen LogP contribution in [0.2, 0.25) is 0 Å². The molecule has 0 fully saturated rings. The molecule has 0 spiro atoms. The quantitative estimate of drug-likeness (QED) is 0.373. The van der Waals surface area contributed by atoms with Crippen molar-refractivity contribution in [3.05, 3.63) is 0 Å². The molecule has 0 bridgehead atoms. The molecule has 0 aliphatic rings. The average molecular weight is 232 g/mol. The van der Waals surface area contributed by atoms with Crippen molar-refractivity contribution < 1.29 is 24.5 Å². The number of rotatable bonds is 8. The summed E-state index contributed by atoms with van der Waals surface area (Å²) in [5.74, 6) is -1.85. The highest BCUT2D eigenvalue weighted by Crippen LogP contribution is 2.26. The molecule has 1 unspecified atom stereocenters. The van der Waals surface area contributed by atoms with Crippen LogP contribution in [-0.4, -0.2) is 35.4 Å². The van der Waals surface area contributed by atoms with E-state index >= 15 is 0 Å². The molecule has 16 heavy (non-hydrogen) atoms. The summed E-state index contributed by atoms with van der Waals surface area (Å²) in [7, 11) is 0. The molecule has 5 heteroatoms. The summed E-state index contributed by atoms with van der Waals surface area (Å²) in [5, 5.41) is 17.6. The number of aliphatic hydroxyl groups is 1. The van der Waals surface area contributed by atoms with Gasteiger partial charge in [-0.3, -0.25) is 9.59 Å². The number of carboxylic acids is 1. The summed E-state index contributed by atoms with van der Waals surface area (Å²) >= 11 is 0. The minimum atomic E-state index is -1.47. The Kier molecular flexibility index (Phi) is 6.72. The Labute approximate surface area is 95.4 Å². The van der Waals surface area contributed by atoms with Gasteiger partial charge < -0.3 is 14.9 Å². The molecule has 0 amide bonds. The molecule has 0 aliphatic heterocycles. The molecule has 0 saturated carbocycles. The highest BCUT2D eigenvalue weighted by molar-refractivity contribution is 5.98. The molecule has 2 N–H and O–H groups in total. The van der Waals surface area contributed by atoms with E-state index in [4.69, 9.17) is 14.9 Å². The molecular weight excluding hydrogens is 212 g/mol. The largest absolute Gasteiger partial charge is 0.480 e. The minimum Gasteiger partial charge on any atom is -0.480 e. The number of carboxylic acid groups (broad SMARTS) is 1. The summed E-state index contributed by atoms with van der Waals surface area (Å²) in [6, 6.07) is 0. The van der Waals surface area contributed by atoms with Gasteiger partial charge in [0, 0.05) is 6.61 Å². The van der Waals surface area contributed by atoms with Crippen LogP contribution in [0.3, 0.4) is 0 Å². The normalized spacial score (nSPS) is 14.2. The fraction of sp³-hybridized carbons (Fsp3) is 0.818. The van der Waals surface area contributed by atoms with E-state index in [-0.39, 0.29) is 19.6 Å². The predicted octanol–water partition coefficient (Wildman–Crippen LogP) is 1.19. The first-order valence-corrected chi connectivity index (χ1v) is 5.50. The molecule has 0 aromatic carbocycles. The molecular formula is C11H20O5. The number of unbranched alkanes of at least 4 members (excludes halogenated alkanes) is 2. The maximum atomic E-state index is 11.5. The van der Waals surface area contributed by atoms with Crippen LogP contribution in [0.5, 0.6) is 0 Å². The minimum absolute atomic E-state index is 0.0865. The van der Waals surface area contributed by atoms with E-state index < -0.39 is 17.4 Å². The van der Waals surface area contributed by atoms with Crippen molar-refractivity contribution in [2.75, 3.05) is 13.2 Å². The third kappa shape index (κ3) is 4.18. The van der Waals surface area contributed by atoms with Gasteiger partial charge >= 0.3 is 11.9 Å². The van der Waals surface area contributed by atoms with Crippen molar-refractivity contribution in [1.29, 1.82) is 0 Å². The van der Waals surface area contributed by atoms with Crippen molar-refractivity contribution in [2.45, 2.75) is 39.5 Å².